The predicted molar refractivity (Wildman–Crippen MR) is 100 cm³/mol. The number of hydrogen-bond donors (Lipinski definition) is 1. The van der Waals surface area contributed by atoms with E-state index in [1.54, 1.807) is 0 Å². The highest BCUT2D eigenvalue weighted by atomic mass is 32.1. The van der Waals surface area contributed by atoms with Gasteiger partial charge in [0.2, 0.25) is 0 Å². The Morgan fingerprint density at radius 2 is 1.96 bits per heavy atom. The van der Waals surface area contributed by atoms with Gasteiger partial charge in [0.25, 0.3) is 0 Å². The Bertz CT molecular complexity index is 758. The molecule has 2 aromatic heterocycles. The summed E-state index contributed by atoms with van der Waals surface area (Å²) < 4.78 is 0. The zero-order chi connectivity index (χ0) is 16.9. The minimum absolute atomic E-state index is 0.549. The van der Waals surface area contributed by atoms with Crippen molar-refractivity contribution < 1.29 is 5.11 Å². The highest BCUT2D eigenvalue weighted by Crippen LogP contribution is 2.44. The Morgan fingerprint density at radius 1 is 1.21 bits per heavy atom. The number of nitrogens with zero attached hydrogens (tertiary/aromatic N) is 3. The van der Waals surface area contributed by atoms with Crippen molar-refractivity contribution in [3.8, 4) is 0 Å². The van der Waals surface area contributed by atoms with E-state index in [2.05, 4.69) is 11.8 Å². The number of anilines is 1. The van der Waals surface area contributed by atoms with Crippen LogP contribution in [0.15, 0.2) is 0 Å². The number of rotatable bonds is 5. The van der Waals surface area contributed by atoms with Crippen LogP contribution in [0.5, 0.6) is 0 Å². The molecule has 1 N–H and O–H groups in total. The van der Waals surface area contributed by atoms with Crippen LogP contribution in [0.3, 0.4) is 0 Å². The van der Waals surface area contributed by atoms with Gasteiger partial charge in [0.1, 0.15) is 16.5 Å². The van der Waals surface area contributed by atoms with E-state index in [4.69, 9.17) is 9.97 Å². The summed E-state index contributed by atoms with van der Waals surface area (Å²) in [4.78, 5) is 14.9. The molecule has 4 nitrogen and oxygen atoms in total. The molecule has 0 bridgehead atoms. The molecule has 0 unspecified atom stereocenters. The lowest BCUT2D eigenvalue weighted by molar-refractivity contribution is 0.0874. The number of hydrogen-bond acceptors (Lipinski definition) is 5. The van der Waals surface area contributed by atoms with Crippen molar-refractivity contribution in [1.82, 2.24) is 9.97 Å². The van der Waals surface area contributed by atoms with Gasteiger partial charge in [-0.05, 0) is 64.9 Å². The molecule has 2 aliphatic rings. The molecule has 0 atom stereocenters. The van der Waals surface area contributed by atoms with Crippen LogP contribution in [0.1, 0.15) is 68.6 Å². The lowest BCUT2D eigenvalue weighted by Gasteiger charge is -2.30. The molecule has 4 rings (SSSR count). The second-order valence-electron chi connectivity index (χ2n) is 7.90. The second kappa shape index (κ2) is 5.95. The van der Waals surface area contributed by atoms with E-state index < -0.39 is 5.60 Å². The van der Waals surface area contributed by atoms with Gasteiger partial charge < -0.3 is 10.0 Å². The largest absolute Gasteiger partial charge is 0.389 e. The van der Waals surface area contributed by atoms with Gasteiger partial charge >= 0.3 is 0 Å². The topological polar surface area (TPSA) is 49.2 Å². The van der Waals surface area contributed by atoms with Crippen molar-refractivity contribution in [3.05, 3.63) is 16.3 Å². The molecule has 2 heterocycles. The molecular formula is C19H27N3OS. The van der Waals surface area contributed by atoms with Crippen LogP contribution >= 0.6 is 11.3 Å². The van der Waals surface area contributed by atoms with Crippen LogP contribution in [0.25, 0.3) is 10.2 Å². The van der Waals surface area contributed by atoms with Gasteiger partial charge in [-0.15, -0.1) is 11.3 Å². The smallest absolute Gasteiger partial charge is 0.141 e. The summed E-state index contributed by atoms with van der Waals surface area (Å²) >= 11 is 1.88. The first-order valence-corrected chi connectivity index (χ1v) is 10.1. The molecule has 0 saturated heterocycles. The average molecular weight is 346 g/mol. The highest BCUT2D eigenvalue weighted by Gasteiger charge is 2.31. The second-order valence-corrected chi connectivity index (χ2v) is 8.98. The van der Waals surface area contributed by atoms with Gasteiger partial charge in [0.15, 0.2) is 0 Å². The van der Waals surface area contributed by atoms with E-state index in [-0.39, 0.29) is 0 Å². The van der Waals surface area contributed by atoms with Gasteiger partial charge in [-0.3, -0.25) is 0 Å². The first-order valence-electron chi connectivity index (χ1n) is 9.26. The molecule has 0 aromatic carbocycles. The summed E-state index contributed by atoms with van der Waals surface area (Å²) in [6, 6.07) is 0. The number of fused-ring (bicyclic) bond motifs is 3. The van der Waals surface area contributed by atoms with E-state index in [0.29, 0.717) is 12.5 Å². The number of aliphatic hydroxyl groups is 1. The molecular weight excluding hydrogens is 318 g/mol. The van der Waals surface area contributed by atoms with Crippen molar-refractivity contribution in [2.45, 2.75) is 70.8 Å². The molecule has 0 amide bonds. The van der Waals surface area contributed by atoms with Gasteiger partial charge in [0.05, 0.1) is 11.0 Å². The van der Waals surface area contributed by atoms with E-state index in [9.17, 15) is 5.11 Å². The minimum atomic E-state index is -0.733. The van der Waals surface area contributed by atoms with Crippen LogP contribution in [0.4, 0.5) is 5.82 Å². The molecule has 24 heavy (non-hydrogen) atoms. The third kappa shape index (κ3) is 3.04. The summed E-state index contributed by atoms with van der Waals surface area (Å²) in [5.74, 6) is 2.63. The van der Waals surface area contributed by atoms with Crippen molar-refractivity contribution in [2.24, 2.45) is 0 Å². The van der Waals surface area contributed by atoms with Crippen LogP contribution in [0, 0.1) is 0 Å². The van der Waals surface area contributed by atoms with Crippen molar-refractivity contribution in [1.29, 1.82) is 0 Å². The molecule has 130 valence electrons. The summed E-state index contributed by atoms with van der Waals surface area (Å²) in [7, 11) is 0. The van der Waals surface area contributed by atoms with Crippen LogP contribution < -0.4 is 4.90 Å². The lowest BCUT2D eigenvalue weighted by Crippen LogP contribution is -2.39. The first kappa shape index (κ1) is 16.3. The van der Waals surface area contributed by atoms with E-state index in [1.807, 2.05) is 25.2 Å². The fourth-order valence-corrected chi connectivity index (χ4v) is 4.97. The molecule has 2 aliphatic carbocycles. The maximum Gasteiger partial charge on any atom is 0.141 e. The number of thiophene rings is 1. The quantitative estimate of drug-likeness (QED) is 0.888. The number of likely N-dealkylation sites (N-methyl/N-ethyl adjacent to an activating group) is 1. The van der Waals surface area contributed by atoms with Gasteiger partial charge in [-0.25, -0.2) is 9.97 Å². The molecule has 0 radical (unpaired) electrons. The minimum Gasteiger partial charge on any atom is -0.389 e. The maximum atomic E-state index is 10.3. The van der Waals surface area contributed by atoms with Crippen molar-refractivity contribution >= 4 is 27.4 Å². The third-order valence-corrected chi connectivity index (χ3v) is 6.20. The molecule has 2 aromatic rings. The van der Waals surface area contributed by atoms with Crippen LogP contribution in [0.2, 0.25) is 0 Å². The van der Waals surface area contributed by atoms with Crippen LogP contribution in [-0.4, -0.2) is 33.8 Å². The third-order valence-electron chi connectivity index (χ3n) is 5.01. The zero-order valence-electron chi connectivity index (χ0n) is 14.9. The zero-order valence-corrected chi connectivity index (χ0v) is 15.7. The number of aryl methyl sites for hydroxylation is 2. The fraction of sp³-hybridized carbons (Fsp3) is 0.684. The Balaban J connectivity index is 1.88. The van der Waals surface area contributed by atoms with Crippen molar-refractivity contribution in [2.75, 3.05) is 18.0 Å². The monoisotopic (exact) mass is 345 g/mol. The molecule has 0 spiro atoms. The summed E-state index contributed by atoms with van der Waals surface area (Å²) in [6.07, 6.45) is 7.32. The Kier molecular flexibility index (Phi) is 4.04. The van der Waals surface area contributed by atoms with E-state index in [1.165, 1.54) is 52.8 Å². The average Bonchev–Trinajstić information content (AvgIpc) is 3.31. The Morgan fingerprint density at radius 3 is 2.62 bits per heavy atom. The highest BCUT2D eigenvalue weighted by molar-refractivity contribution is 7.19. The molecule has 1 saturated carbocycles. The lowest BCUT2D eigenvalue weighted by atomic mass is 9.96. The summed E-state index contributed by atoms with van der Waals surface area (Å²) in [5.41, 5.74) is 0.746. The van der Waals surface area contributed by atoms with Crippen LogP contribution in [-0.2, 0) is 12.8 Å². The maximum absolute atomic E-state index is 10.3. The van der Waals surface area contributed by atoms with Gasteiger partial charge in [-0.1, -0.05) is 0 Å². The Labute approximate surface area is 147 Å². The summed E-state index contributed by atoms with van der Waals surface area (Å²) in [5, 5.41) is 11.6. The van der Waals surface area contributed by atoms with E-state index in [0.717, 1.165) is 24.6 Å². The SMILES string of the molecule is CCN(CC(C)(C)O)c1nc(C2CC2)nc2sc3c(c12)CCCC3. The summed E-state index contributed by atoms with van der Waals surface area (Å²) in [6.45, 7) is 7.35. The van der Waals surface area contributed by atoms with Gasteiger partial charge in [0, 0.05) is 23.9 Å². The van der Waals surface area contributed by atoms with Gasteiger partial charge in [-0.2, -0.15) is 0 Å². The number of aromatic nitrogens is 2. The van der Waals surface area contributed by atoms with E-state index >= 15 is 0 Å². The predicted octanol–water partition coefficient (Wildman–Crippen LogP) is 4.04. The molecule has 0 aliphatic heterocycles. The Hall–Kier alpha value is -1.20. The molecule has 5 heteroatoms. The molecule has 1 fully saturated rings. The fourth-order valence-electron chi connectivity index (χ4n) is 3.71. The normalized spacial score (nSPS) is 18.0. The van der Waals surface area contributed by atoms with Crippen molar-refractivity contribution in [3.63, 3.8) is 0 Å². The first-order chi connectivity index (χ1) is 11.5. The standard InChI is InChI=1S/C19H27N3OS/c1-4-22(11-19(2,3)23)17-15-13-7-5-6-8-14(13)24-18(15)21-16(20-17)12-9-10-12/h12,23H,4-11H2,1-3H3.